The molecule has 164 valence electrons. The lowest BCUT2D eigenvalue weighted by molar-refractivity contribution is 0.101. The molecule has 4 aromatic rings. The summed E-state index contributed by atoms with van der Waals surface area (Å²) in [5.41, 5.74) is 1.47. The first-order valence-corrected chi connectivity index (χ1v) is 11.1. The van der Waals surface area contributed by atoms with Crippen molar-refractivity contribution in [3.05, 3.63) is 75.2 Å². The van der Waals surface area contributed by atoms with Gasteiger partial charge in [0.05, 0.1) is 5.69 Å². The van der Waals surface area contributed by atoms with E-state index in [4.69, 9.17) is 0 Å². The van der Waals surface area contributed by atoms with Crippen LogP contribution in [0.2, 0.25) is 0 Å². The number of nitrogens with zero attached hydrogens (tertiary/aromatic N) is 4. The molecule has 1 saturated carbocycles. The molecule has 2 aromatic heterocycles. The Bertz CT molecular complexity index is 1360. The van der Waals surface area contributed by atoms with Crippen molar-refractivity contribution in [2.75, 3.05) is 5.32 Å². The van der Waals surface area contributed by atoms with Gasteiger partial charge in [-0.3, -0.25) is 4.79 Å². The zero-order chi connectivity index (χ0) is 22.8. The Morgan fingerprint density at radius 3 is 2.67 bits per heavy atom. The maximum Gasteiger partial charge on any atom is 0.261 e. The van der Waals surface area contributed by atoms with Crippen molar-refractivity contribution in [2.45, 2.75) is 25.2 Å². The van der Waals surface area contributed by atoms with Gasteiger partial charge in [-0.15, -0.1) is 21.5 Å². The summed E-state index contributed by atoms with van der Waals surface area (Å²) in [5, 5.41) is 18.2. The number of rotatable bonds is 4. The van der Waals surface area contributed by atoms with Gasteiger partial charge in [0, 0.05) is 28.1 Å². The number of carbonyl (C=O) groups is 1. The van der Waals surface area contributed by atoms with E-state index in [1.165, 1.54) is 30.6 Å². The zero-order valence-corrected chi connectivity index (χ0v) is 17.9. The fourth-order valence-corrected chi connectivity index (χ4v) is 4.18. The van der Waals surface area contributed by atoms with Crippen LogP contribution in [0.4, 0.5) is 14.5 Å². The molecule has 2 N–H and O–H groups in total. The molecule has 0 atom stereocenters. The fraction of sp³-hybridized carbons (Fsp3) is 0.174. The monoisotopic (exact) mass is 462 g/mol. The van der Waals surface area contributed by atoms with E-state index in [0.29, 0.717) is 17.2 Å². The van der Waals surface area contributed by atoms with E-state index in [0.717, 1.165) is 22.8 Å². The summed E-state index contributed by atoms with van der Waals surface area (Å²) in [5.74, 6) is 3.65. The van der Waals surface area contributed by atoms with Crippen molar-refractivity contribution in [3.63, 3.8) is 0 Å². The highest BCUT2D eigenvalue weighted by Gasteiger charge is 2.22. The molecular formula is C23H16F2N6OS. The number of hydrogen-bond acceptors (Lipinski definition) is 6. The van der Waals surface area contributed by atoms with E-state index >= 15 is 0 Å². The first-order valence-electron chi connectivity index (χ1n) is 10.2. The average Bonchev–Trinajstić information content (AvgIpc) is 3.43. The number of halogens is 2. The fourth-order valence-electron chi connectivity index (χ4n) is 3.43. The third-order valence-electron chi connectivity index (χ3n) is 5.35. The van der Waals surface area contributed by atoms with Crippen molar-refractivity contribution < 1.29 is 13.6 Å². The second-order valence-electron chi connectivity index (χ2n) is 7.54. The number of aromatic amines is 1. The van der Waals surface area contributed by atoms with Crippen molar-refractivity contribution >= 4 is 22.9 Å². The number of benzene rings is 2. The number of carbonyl (C=O) groups excluding carboxylic acids is 1. The summed E-state index contributed by atoms with van der Waals surface area (Å²) in [4.78, 5) is 17.1. The zero-order valence-electron chi connectivity index (χ0n) is 17.1. The summed E-state index contributed by atoms with van der Waals surface area (Å²) in [6.07, 6.45) is 3.61. The molecule has 10 heteroatoms. The van der Waals surface area contributed by atoms with Crippen molar-refractivity contribution in [1.29, 1.82) is 0 Å². The van der Waals surface area contributed by atoms with Gasteiger partial charge in [0.1, 0.15) is 17.2 Å². The van der Waals surface area contributed by atoms with Gasteiger partial charge >= 0.3 is 0 Å². The number of aromatic nitrogens is 5. The van der Waals surface area contributed by atoms with E-state index in [1.54, 1.807) is 24.3 Å². The van der Waals surface area contributed by atoms with Crippen molar-refractivity contribution in [3.8, 4) is 23.2 Å². The van der Waals surface area contributed by atoms with Crippen LogP contribution in [0.3, 0.4) is 0 Å². The SMILES string of the molecule is O=C(Nc1cccc(C#Cc2nc(C3CCC3)cs2)c1)c1c(F)cc(-c2nn[nH]n2)cc1F. The Balaban J connectivity index is 1.32. The summed E-state index contributed by atoms with van der Waals surface area (Å²) in [6.45, 7) is 0. The van der Waals surface area contributed by atoms with Gasteiger partial charge in [0.25, 0.3) is 5.91 Å². The minimum atomic E-state index is -1.03. The van der Waals surface area contributed by atoms with Gasteiger partial charge in [-0.05, 0) is 54.3 Å². The van der Waals surface area contributed by atoms with Gasteiger partial charge in [0.2, 0.25) is 5.82 Å². The first-order chi connectivity index (χ1) is 16.1. The summed E-state index contributed by atoms with van der Waals surface area (Å²) in [7, 11) is 0. The third kappa shape index (κ3) is 4.49. The van der Waals surface area contributed by atoms with E-state index in [1.807, 2.05) is 0 Å². The van der Waals surface area contributed by atoms with E-state index in [-0.39, 0.29) is 11.4 Å². The van der Waals surface area contributed by atoms with E-state index in [9.17, 15) is 13.6 Å². The Morgan fingerprint density at radius 2 is 1.97 bits per heavy atom. The average molecular weight is 462 g/mol. The van der Waals surface area contributed by atoms with Gasteiger partial charge in [-0.1, -0.05) is 18.4 Å². The molecule has 2 aromatic carbocycles. The van der Waals surface area contributed by atoms with Gasteiger partial charge in [0.15, 0.2) is 5.01 Å². The van der Waals surface area contributed by atoms with Gasteiger partial charge in [-0.2, -0.15) is 5.21 Å². The minimum absolute atomic E-state index is 0.0195. The molecule has 1 aliphatic rings. The van der Waals surface area contributed by atoms with Gasteiger partial charge in [-0.25, -0.2) is 13.8 Å². The topological polar surface area (TPSA) is 96.5 Å². The van der Waals surface area contributed by atoms with Crippen LogP contribution in [0.5, 0.6) is 0 Å². The lowest BCUT2D eigenvalue weighted by Crippen LogP contribution is -2.16. The molecule has 0 bridgehead atoms. The Kier molecular flexibility index (Phi) is 5.62. The Labute approximate surface area is 191 Å². The maximum absolute atomic E-state index is 14.5. The first kappa shape index (κ1) is 20.9. The quantitative estimate of drug-likeness (QED) is 0.435. The molecule has 0 aliphatic heterocycles. The normalized spacial score (nSPS) is 13.2. The molecule has 0 radical (unpaired) electrons. The highest BCUT2D eigenvalue weighted by atomic mass is 32.1. The largest absolute Gasteiger partial charge is 0.322 e. The summed E-state index contributed by atoms with van der Waals surface area (Å²) >= 11 is 1.51. The number of hydrogen-bond donors (Lipinski definition) is 2. The number of thiazole rings is 1. The second kappa shape index (κ2) is 8.88. The molecule has 1 amide bonds. The predicted octanol–water partition coefficient (Wildman–Crippen LogP) is 4.52. The minimum Gasteiger partial charge on any atom is -0.322 e. The molecule has 1 fully saturated rings. The molecule has 7 nitrogen and oxygen atoms in total. The van der Waals surface area contributed by atoms with Crippen LogP contribution in [-0.4, -0.2) is 31.5 Å². The molecule has 5 rings (SSSR count). The summed E-state index contributed by atoms with van der Waals surface area (Å²) < 4.78 is 29.0. The number of nitrogens with one attached hydrogen (secondary N) is 2. The second-order valence-corrected chi connectivity index (χ2v) is 8.40. The lowest BCUT2D eigenvalue weighted by atomic mass is 9.83. The molecule has 0 unspecified atom stereocenters. The molecule has 33 heavy (non-hydrogen) atoms. The number of amides is 1. The van der Waals surface area contributed by atoms with Crippen LogP contribution < -0.4 is 5.32 Å². The Hall–Kier alpha value is -3.97. The Morgan fingerprint density at radius 1 is 1.15 bits per heavy atom. The smallest absolute Gasteiger partial charge is 0.261 e. The van der Waals surface area contributed by atoms with Crippen molar-refractivity contribution in [2.24, 2.45) is 0 Å². The number of tetrazole rings is 1. The van der Waals surface area contributed by atoms with E-state index in [2.05, 4.69) is 48.1 Å². The molecule has 1 aliphatic carbocycles. The maximum atomic E-state index is 14.5. The van der Waals surface area contributed by atoms with Crippen LogP contribution in [0.1, 0.15) is 51.8 Å². The summed E-state index contributed by atoms with van der Waals surface area (Å²) in [6, 6.07) is 8.70. The van der Waals surface area contributed by atoms with Crippen LogP contribution in [0, 0.1) is 23.5 Å². The number of anilines is 1. The highest BCUT2D eigenvalue weighted by molar-refractivity contribution is 7.10. The number of H-pyrrole nitrogens is 1. The van der Waals surface area contributed by atoms with Crippen LogP contribution in [-0.2, 0) is 0 Å². The van der Waals surface area contributed by atoms with Crippen molar-refractivity contribution in [1.82, 2.24) is 25.6 Å². The molecule has 0 spiro atoms. The highest BCUT2D eigenvalue weighted by Crippen LogP contribution is 2.36. The van der Waals surface area contributed by atoms with Gasteiger partial charge < -0.3 is 5.32 Å². The molecular weight excluding hydrogens is 446 g/mol. The van der Waals surface area contributed by atoms with E-state index < -0.39 is 23.1 Å². The standard InChI is InChI=1S/C23H16F2N6OS/c24-17-10-15(22-28-30-31-29-22)11-18(25)21(17)23(32)26-16-6-1-3-13(9-16)7-8-20-27-19(12-33-20)14-4-2-5-14/h1,3,6,9-12,14H,2,4-5H2,(H,26,32)(H,28,29,30,31). The lowest BCUT2D eigenvalue weighted by Gasteiger charge is -2.22. The van der Waals surface area contributed by atoms with Crippen LogP contribution in [0.25, 0.3) is 11.4 Å². The molecule has 2 heterocycles. The third-order valence-corrected chi connectivity index (χ3v) is 6.13. The van der Waals surface area contributed by atoms with Crippen LogP contribution >= 0.6 is 11.3 Å². The van der Waals surface area contributed by atoms with Crippen LogP contribution in [0.15, 0.2) is 41.8 Å². The predicted molar refractivity (Wildman–Crippen MR) is 119 cm³/mol. The molecule has 0 saturated heterocycles.